The van der Waals surface area contributed by atoms with E-state index in [1.807, 2.05) is 20.8 Å². The lowest BCUT2D eigenvalue weighted by Gasteiger charge is -2.27. The van der Waals surface area contributed by atoms with E-state index in [1.165, 1.54) is 18.2 Å². The number of para-hydroxylation sites is 1. The van der Waals surface area contributed by atoms with E-state index >= 15 is 0 Å². The second-order valence-corrected chi connectivity index (χ2v) is 4.33. The monoisotopic (exact) mass is 225 g/mol. The van der Waals surface area contributed by atoms with Crippen molar-refractivity contribution in [1.82, 2.24) is 0 Å². The Bertz CT molecular complexity index is 402. The van der Waals surface area contributed by atoms with Gasteiger partial charge in [-0.3, -0.25) is 0 Å². The predicted octanol–water partition coefficient (Wildman–Crippen LogP) is 3.12. The zero-order chi connectivity index (χ0) is 12.3. The molecule has 1 aromatic rings. The van der Waals surface area contributed by atoms with Gasteiger partial charge in [0.25, 0.3) is 0 Å². The minimum atomic E-state index is -1.13. The van der Waals surface area contributed by atoms with Crippen LogP contribution in [-0.2, 0) is 0 Å². The smallest absolute Gasteiger partial charge is 0.337 e. The first-order valence-electron chi connectivity index (χ1n) is 5.17. The van der Waals surface area contributed by atoms with Gasteiger partial charge in [0, 0.05) is 5.54 Å². The fourth-order valence-corrected chi connectivity index (χ4v) is 1.26. The molecule has 16 heavy (non-hydrogen) atoms. The van der Waals surface area contributed by atoms with E-state index in [4.69, 9.17) is 5.11 Å². The van der Waals surface area contributed by atoms with E-state index < -0.39 is 11.8 Å². The molecular formula is C12H16FNO2. The maximum Gasteiger partial charge on any atom is 0.337 e. The third-order valence-electron chi connectivity index (χ3n) is 2.59. The molecule has 1 rings (SSSR count). The molecule has 88 valence electrons. The van der Waals surface area contributed by atoms with E-state index in [1.54, 1.807) is 0 Å². The third-order valence-corrected chi connectivity index (χ3v) is 2.59. The average molecular weight is 225 g/mol. The van der Waals surface area contributed by atoms with Gasteiger partial charge in [-0.15, -0.1) is 0 Å². The van der Waals surface area contributed by atoms with Crippen LogP contribution in [0.3, 0.4) is 0 Å². The number of aromatic carboxylic acids is 1. The van der Waals surface area contributed by atoms with Crippen LogP contribution in [0.25, 0.3) is 0 Å². The Morgan fingerprint density at radius 2 is 2.12 bits per heavy atom. The van der Waals surface area contributed by atoms with Gasteiger partial charge in [0.05, 0.1) is 11.3 Å². The Labute approximate surface area is 94.3 Å². The molecule has 1 aromatic carbocycles. The van der Waals surface area contributed by atoms with Crippen molar-refractivity contribution in [3.8, 4) is 0 Å². The zero-order valence-electron chi connectivity index (χ0n) is 9.67. The van der Waals surface area contributed by atoms with Crippen molar-refractivity contribution in [2.75, 3.05) is 5.32 Å². The Morgan fingerprint density at radius 3 is 2.62 bits per heavy atom. The standard InChI is InChI=1S/C12H16FNO2/c1-4-12(2,3)14-10-8(11(15)16)6-5-7-9(10)13/h5-7,14H,4H2,1-3H3,(H,15,16). The topological polar surface area (TPSA) is 49.3 Å². The summed E-state index contributed by atoms with van der Waals surface area (Å²) in [4.78, 5) is 10.9. The summed E-state index contributed by atoms with van der Waals surface area (Å²) in [6, 6.07) is 4.03. The number of hydrogen-bond acceptors (Lipinski definition) is 2. The highest BCUT2D eigenvalue weighted by Gasteiger charge is 2.21. The number of benzene rings is 1. The number of carbonyl (C=O) groups is 1. The summed E-state index contributed by atoms with van der Waals surface area (Å²) in [6.45, 7) is 5.74. The van der Waals surface area contributed by atoms with Gasteiger partial charge in [-0.05, 0) is 32.4 Å². The van der Waals surface area contributed by atoms with Crippen molar-refractivity contribution in [3.05, 3.63) is 29.6 Å². The van der Waals surface area contributed by atoms with Gasteiger partial charge in [0.2, 0.25) is 0 Å². The van der Waals surface area contributed by atoms with Gasteiger partial charge in [-0.25, -0.2) is 9.18 Å². The number of halogens is 1. The highest BCUT2D eigenvalue weighted by molar-refractivity contribution is 5.94. The zero-order valence-corrected chi connectivity index (χ0v) is 9.67. The molecular weight excluding hydrogens is 209 g/mol. The van der Waals surface area contributed by atoms with Gasteiger partial charge in [0.15, 0.2) is 0 Å². The van der Waals surface area contributed by atoms with Gasteiger partial charge < -0.3 is 10.4 Å². The second kappa shape index (κ2) is 4.51. The molecule has 0 spiro atoms. The summed E-state index contributed by atoms with van der Waals surface area (Å²) < 4.78 is 13.6. The summed E-state index contributed by atoms with van der Waals surface area (Å²) in [6.07, 6.45) is 0.764. The SMILES string of the molecule is CCC(C)(C)Nc1c(F)cccc1C(=O)O. The minimum absolute atomic E-state index is 0.0403. The molecule has 0 aliphatic heterocycles. The molecule has 0 unspecified atom stereocenters. The van der Waals surface area contributed by atoms with Crippen LogP contribution in [-0.4, -0.2) is 16.6 Å². The van der Waals surface area contributed by atoms with Crippen molar-refractivity contribution < 1.29 is 14.3 Å². The fourth-order valence-electron chi connectivity index (χ4n) is 1.26. The third kappa shape index (κ3) is 2.72. The minimum Gasteiger partial charge on any atom is -0.478 e. The molecule has 3 nitrogen and oxygen atoms in total. The molecule has 0 bridgehead atoms. The number of nitrogens with one attached hydrogen (secondary N) is 1. The number of carboxylic acid groups (broad SMARTS) is 1. The largest absolute Gasteiger partial charge is 0.478 e. The van der Waals surface area contributed by atoms with Gasteiger partial charge in [0.1, 0.15) is 5.82 Å². The molecule has 0 heterocycles. The maximum absolute atomic E-state index is 13.6. The fraction of sp³-hybridized carbons (Fsp3) is 0.417. The van der Waals surface area contributed by atoms with Crippen molar-refractivity contribution >= 4 is 11.7 Å². The van der Waals surface area contributed by atoms with Gasteiger partial charge in [-0.2, -0.15) is 0 Å². The van der Waals surface area contributed by atoms with E-state index in [-0.39, 0.29) is 16.8 Å². The lowest BCUT2D eigenvalue weighted by molar-refractivity contribution is 0.0697. The molecule has 0 aliphatic carbocycles. The molecule has 0 atom stereocenters. The van der Waals surface area contributed by atoms with Crippen LogP contribution in [0.4, 0.5) is 10.1 Å². The number of anilines is 1. The molecule has 0 radical (unpaired) electrons. The summed E-state index contributed by atoms with van der Waals surface area (Å²) in [5, 5.41) is 11.9. The van der Waals surface area contributed by atoms with Crippen molar-refractivity contribution in [2.45, 2.75) is 32.7 Å². The first-order valence-corrected chi connectivity index (χ1v) is 5.17. The Morgan fingerprint density at radius 1 is 1.50 bits per heavy atom. The predicted molar refractivity (Wildman–Crippen MR) is 61.4 cm³/mol. The van der Waals surface area contributed by atoms with Crippen LogP contribution in [0.15, 0.2) is 18.2 Å². The van der Waals surface area contributed by atoms with Crippen LogP contribution >= 0.6 is 0 Å². The molecule has 0 amide bonds. The first kappa shape index (κ1) is 12.5. The van der Waals surface area contributed by atoms with Crippen LogP contribution in [0.5, 0.6) is 0 Å². The van der Waals surface area contributed by atoms with E-state index in [0.717, 1.165) is 6.42 Å². The lowest BCUT2D eigenvalue weighted by Crippen LogP contribution is -2.31. The molecule has 0 saturated heterocycles. The van der Waals surface area contributed by atoms with Crippen LogP contribution in [0, 0.1) is 5.82 Å². The highest BCUT2D eigenvalue weighted by atomic mass is 19.1. The normalized spacial score (nSPS) is 11.2. The first-order chi connectivity index (χ1) is 7.37. The molecule has 2 N–H and O–H groups in total. The van der Waals surface area contributed by atoms with E-state index in [0.29, 0.717) is 0 Å². The Kier molecular flexibility index (Phi) is 3.52. The number of hydrogen-bond donors (Lipinski definition) is 2. The van der Waals surface area contributed by atoms with Gasteiger partial charge >= 0.3 is 5.97 Å². The maximum atomic E-state index is 13.6. The Balaban J connectivity index is 3.16. The molecule has 4 heteroatoms. The van der Waals surface area contributed by atoms with E-state index in [9.17, 15) is 9.18 Å². The van der Waals surface area contributed by atoms with Gasteiger partial charge in [-0.1, -0.05) is 13.0 Å². The van der Waals surface area contributed by atoms with Crippen LogP contribution in [0.2, 0.25) is 0 Å². The molecule has 0 aromatic heterocycles. The average Bonchev–Trinajstić information content (AvgIpc) is 2.20. The van der Waals surface area contributed by atoms with Crippen molar-refractivity contribution in [1.29, 1.82) is 0 Å². The van der Waals surface area contributed by atoms with Crippen LogP contribution in [0.1, 0.15) is 37.6 Å². The number of rotatable bonds is 4. The van der Waals surface area contributed by atoms with Crippen LogP contribution < -0.4 is 5.32 Å². The quantitative estimate of drug-likeness (QED) is 0.827. The Hall–Kier alpha value is -1.58. The van der Waals surface area contributed by atoms with Crippen molar-refractivity contribution in [3.63, 3.8) is 0 Å². The lowest BCUT2D eigenvalue weighted by atomic mass is 10.0. The van der Waals surface area contributed by atoms with Crippen molar-refractivity contribution in [2.24, 2.45) is 0 Å². The second-order valence-electron chi connectivity index (χ2n) is 4.33. The number of carboxylic acids is 1. The summed E-state index contributed by atoms with van der Waals surface area (Å²) in [7, 11) is 0. The summed E-state index contributed by atoms with van der Waals surface area (Å²) in [5.74, 6) is -1.67. The molecule has 0 aliphatic rings. The van der Waals surface area contributed by atoms with E-state index in [2.05, 4.69) is 5.32 Å². The summed E-state index contributed by atoms with van der Waals surface area (Å²) >= 11 is 0. The molecule has 0 saturated carbocycles. The summed E-state index contributed by atoms with van der Waals surface area (Å²) in [5.41, 5.74) is -0.324. The molecule has 0 fully saturated rings. The highest BCUT2D eigenvalue weighted by Crippen LogP contribution is 2.25.